The van der Waals surface area contributed by atoms with Gasteiger partial charge in [-0.25, -0.2) is 12.8 Å². The van der Waals surface area contributed by atoms with Gasteiger partial charge in [-0.05, 0) is 30.5 Å². The molecule has 1 rings (SSSR count). The SMILES string of the molecule is CC(C)CC(NS(=O)(=O)c1ccc(Br)cc1F)C(=O)O. The number of sulfonamides is 1. The number of hydrogen-bond donors (Lipinski definition) is 2. The molecule has 2 N–H and O–H groups in total. The fourth-order valence-electron chi connectivity index (χ4n) is 1.61. The second-order valence-corrected chi connectivity index (χ2v) is 7.31. The molecule has 1 unspecified atom stereocenters. The first-order valence-corrected chi connectivity index (χ1v) is 8.11. The maximum atomic E-state index is 13.7. The molecule has 20 heavy (non-hydrogen) atoms. The van der Waals surface area contributed by atoms with E-state index in [1.165, 1.54) is 6.07 Å². The van der Waals surface area contributed by atoms with Crippen molar-refractivity contribution < 1.29 is 22.7 Å². The number of carbonyl (C=O) groups is 1. The van der Waals surface area contributed by atoms with Crippen LogP contribution in [-0.2, 0) is 14.8 Å². The summed E-state index contributed by atoms with van der Waals surface area (Å²) in [6.07, 6.45) is 0.118. The summed E-state index contributed by atoms with van der Waals surface area (Å²) in [7, 11) is -4.22. The summed E-state index contributed by atoms with van der Waals surface area (Å²) in [4.78, 5) is 10.5. The van der Waals surface area contributed by atoms with Crippen molar-refractivity contribution in [2.24, 2.45) is 5.92 Å². The number of aliphatic carboxylic acids is 1. The molecule has 0 amide bonds. The quantitative estimate of drug-likeness (QED) is 0.808. The standard InChI is InChI=1S/C12H15BrFNO4S/c1-7(2)5-10(12(16)17)15-20(18,19)11-4-3-8(13)6-9(11)14/h3-4,6-7,10,15H,5H2,1-2H3,(H,16,17). The van der Waals surface area contributed by atoms with Gasteiger partial charge >= 0.3 is 5.97 Å². The Kier molecular flexibility index (Phi) is 5.67. The van der Waals surface area contributed by atoms with E-state index in [2.05, 4.69) is 15.9 Å². The number of halogens is 2. The van der Waals surface area contributed by atoms with Crippen LogP contribution in [-0.4, -0.2) is 25.5 Å². The van der Waals surface area contributed by atoms with Crippen molar-refractivity contribution >= 4 is 31.9 Å². The highest BCUT2D eigenvalue weighted by Gasteiger charge is 2.27. The number of carboxylic acids is 1. The highest BCUT2D eigenvalue weighted by atomic mass is 79.9. The van der Waals surface area contributed by atoms with Gasteiger partial charge in [0.2, 0.25) is 10.0 Å². The summed E-state index contributed by atoms with van der Waals surface area (Å²) >= 11 is 3.02. The number of carboxylic acid groups (broad SMARTS) is 1. The Morgan fingerprint density at radius 3 is 2.50 bits per heavy atom. The van der Waals surface area contributed by atoms with Gasteiger partial charge in [0.05, 0.1) is 0 Å². The van der Waals surface area contributed by atoms with E-state index in [0.717, 1.165) is 12.1 Å². The first kappa shape index (κ1) is 17.1. The Hall–Kier alpha value is -0.990. The molecule has 0 aromatic heterocycles. The summed E-state index contributed by atoms with van der Waals surface area (Å²) in [5, 5.41) is 9.02. The van der Waals surface area contributed by atoms with Crippen LogP contribution < -0.4 is 4.72 Å². The van der Waals surface area contributed by atoms with E-state index in [1.807, 2.05) is 4.72 Å². The fourth-order valence-corrected chi connectivity index (χ4v) is 3.21. The van der Waals surface area contributed by atoms with E-state index in [4.69, 9.17) is 5.11 Å². The Morgan fingerprint density at radius 2 is 2.05 bits per heavy atom. The summed E-state index contributed by atoms with van der Waals surface area (Å²) < 4.78 is 40.1. The number of hydrogen-bond acceptors (Lipinski definition) is 3. The Labute approximate surface area is 125 Å². The number of nitrogens with one attached hydrogen (secondary N) is 1. The molecule has 1 atom stereocenters. The maximum absolute atomic E-state index is 13.7. The van der Waals surface area contributed by atoms with Gasteiger partial charge < -0.3 is 5.11 Å². The smallest absolute Gasteiger partial charge is 0.321 e. The van der Waals surface area contributed by atoms with Gasteiger partial charge in [0.15, 0.2) is 0 Å². The lowest BCUT2D eigenvalue weighted by Gasteiger charge is -2.16. The monoisotopic (exact) mass is 367 g/mol. The molecule has 0 fully saturated rings. The lowest BCUT2D eigenvalue weighted by Crippen LogP contribution is -2.41. The zero-order valence-electron chi connectivity index (χ0n) is 10.9. The van der Waals surface area contributed by atoms with Crippen LogP contribution in [0.25, 0.3) is 0 Å². The molecule has 0 saturated heterocycles. The van der Waals surface area contributed by atoms with Crippen molar-refractivity contribution in [1.29, 1.82) is 0 Å². The second kappa shape index (κ2) is 6.64. The van der Waals surface area contributed by atoms with Gasteiger partial charge in [-0.1, -0.05) is 29.8 Å². The first-order valence-electron chi connectivity index (χ1n) is 5.83. The number of benzene rings is 1. The zero-order chi connectivity index (χ0) is 15.5. The second-order valence-electron chi connectivity index (χ2n) is 4.72. The maximum Gasteiger partial charge on any atom is 0.321 e. The van der Waals surface area contributed by atoms with Crippen LogP contribution in [0.4, 0.5) is 4.39 Å². The first-order chi connectivity index (χ1) is 9.13. The Bertz CT molecular complexity index is 603. The molecule has 0 spiro atoms. The average molecular weight is 368 g/mol. The zero-order valence-corrected chi connectivity index (χ0v) is 13.3. The van der Waals surface area contributed by atoms with Crippen LogP contribution in [0.1, 0.15) is 20.3 Å². The topological polar surface area (TPSA) is 83.5 Å². The van der Waals surface area contributed by atoms with Gasteiger partial charge in [0.1, 0.15) is 16.8 Å². The van der Waals surface area contributed by atoms with E-state index in [0.29, 0.717) is 4.47 Å². The van der Waals surface area contributed by atoms with E-state index in [9.17, 15) is 17.6 Å². The van der Waals surface area contributed by atoms with E-state index in [1.54, 1.807) is 13.8 Å². The molecule has 0 radical (unpaired) electrons. The van der Waals surface area contributed by atoms with Crippen LogP contribution in [0.15, 0.2) is 27.6 Å². The third-order valence-electron chi connectivity index (χ3n) is 2.49. The van der Waals surface area contributed by atoms with Gasteiger partial charge in [-0.15, -0.1) is 0 Å². The van der Waals surface area contributed by atoms with E-state index in [-0.39, 0.29) is 12.3 Å². The minimum absolute atomic E-state index is 0.0198. The van der Waals surface area contributed by atoms with Gasteiger partial charge in [-0.3, -0.25) is 4.79 Å². The molecular weight excluding hydrogens is 353 g/mol. The van der Waals surface area contributed by atoms with Crippen LogP contribution in [0.3, 0.4) is 0 Å². The van der Waals surface area contributed by atoms with E-state index >= 15 is 0 Å². The molecule has 0 aliphatic rings. The van der Waals surface area contributed by atoms with E-state index < -0.39 is 32.7 Å². The van der Waals surface area contributed by atoms with Crippen molar-refractivity contribution in [2.45, 2.75) is 31.2 Å². The summed E-state index contributed by atoms with van der Waals surface area (Å²) in [5.74, 6) is -2.26. The molecule has 0 aliphatic heterocycles. The highest BCUT2D eigenvalue weighted by molar-refractivity contribution is 9.10. The molecule has 8 heteroatoms. The molecule has 5 nitrogen and oxygen atoms in total. The molecule has 0 saturated carbocycles. The minimum Gasteiger partial charge on any atom is -0.480 e. The van der Waals surface area contributed by atoms with Crippen LogP contribution in [0.2, 0.25) is 0 Å². The molecule has 0 aliphatic carbocycles. The Morgan fingerprint density at radius 1 is 1.45 bits per heavy atom. The highest BCUT2D eigenvalue weighted by Crippen LogP contribution is 2.20. The minimum atomic E-state index is -4.22. The van der Waals surface area contributed by atoms with Crippen molar-refractivity contribution in [3.8, 4) is 0 Å². The van der Waals surface area contributed by atoms with Crippen LogP contribution >= 0.6 is 15.9 Å². The average Bonchev–Trinajstić information content (AvgIpc) is 2.26. The molecule has 1 aromatic carbocycles. The normalized spacial score (nSPS) is 13.4. The van der Waals surface area contributed by atoms with Crippen LogP contribution in [0.5, 0.6) is 0 Å². The van der Waals surface area contributed by atoms with Crippen molar-refractivity contribution in [1.82, 2.24) is 4.72 Å². The Balaban J connectivity index is 3.06. The number of rotatable bonds is 6. The third-order valence-corrected chi connectivity index (χ3v) is 4.48. The predicted molar refractivity (Wildman–Crippen MR) is 75.3 cm³/mol. The van der Waals surface area contributed by atoms with Gasteiger partial charge in [0.25, 0.3) is 0 Å². The lowest BCUT2D eigenvalue weighted by atomic mass is 10.1. The summed E-state index contributed by atoms with van der Waals surface area (Å²) in [6, 6.07) is 2.17. The molecule has 112 valence electrons. The van der Waals surface area contributed by atoms with Crippen molar-refractivity contribution in [3.63, 3.8) is 0 Å². The van der Waals surface area contributed by atoms with Crippen LogP contribution in [0, 0.1) is 11.7 Å². The molecule has 0 bridgehead atoms. The fraction of sp³-hybridized carbons (Fsp3) is 0.417. The van der Waals surface area contributed by atoms with Crippen molar-refractivity contribution in [2.75, 3.05) is 0 Å². The third kappa shape index (κ3) is 4.53. The lowest BCUT2D eigenvalue weighted by molar-refractivity contribution is -0.139. The van der Waals surface area contributed by atoms with Gasteiger partial charge in [0, 0.05) is 4.47 Å². The molecular formula is C12H15BrFNO4S. The largest absolute Gasteiger partial charge is 0.480 e. The molecule has 1 aromatic rings. The summed E-state index contributed by atoms with van der Waals surface area (Å²) in [5.41, 5.74) is 0. The summed E-state index contributed by atoms with van der Waals surface area (Å²) in [6.45, 7) is 3.54. The van der Waals surface area contributed by atoms with Gasteiger partial charge in [-0.2, -0.15) is 4.72 Å². The van der Waals surface area contributed by atoms with Crippen molar-refractivity contribution in [3.05, 3.63) is 28.5 Å². The predicted octanol–water partition coefficient (Wildman–Crippen LogP) is 2.37. The molecule has 0 heterocycles.